The summed E-state index contributed by atoms with van der Waals surface area (Å²) in [6.07, 6.45) is 2.79. The van der Waals surface area contributed by atoms with Crippen LogP contribution in [-0.2, 0) is 21.1 Å². The lowest BCUT2D eigenvalue weighted by atomic mass is 10.00. The van der Waals surface area contributed by atoms with Gasteiger partial charge in [-0.25, -0.2) is 12.8 Å². The number of carbonyl (C=O) groups excluding carboxylic acids is 1. The average Bonchev–Trinajstić information content (AvgIpc) is 3.66. The maximum atomic E-state index is 13.6. The Morgan fingerprint density at radius 2 is 1.74 bits per heavy atom. The van der Waals surface area contributed by atoms with Gasteiger partial charge < -0.3 is 19.5 Å². The van der Waals surface area contributed by atoms with Crippen LogP contribution in [0.5, 0.6) is 0 Å². The molecule has 0 atom stereocenters. The second-order valence-electron chi connectivity index (χ2n) is 9.55. The molecule has 1 saturated carbocycles. The average molecular weight is 573 g/mol. The molecule has 0 unspecified atom stereocenters. The molecular weight excluding hydrogens is 546 g/mol. The van der Waals surface area contributed by atoms with Gasteiger partial charge in [0, 0.05) is 24.1 Å². The van der Waals surface area contributed by atoms with Crippen LogP contribution in [0, 0.1) is 5.82 Å². The number of sulfonamides is 1. The summed E-state index contributed by atoms with van der Waals surface area (Å²) in [5.41, 5.74) is 2.72. The summed E-state index contributed by atoms with van der Waals surface area (Å²) in [5.74, 6) is -0.505. The number of nitrogens with zero attached hydrogens (tertiary/aromatic N) is 1. The molecule has 0 spiro atoms. The molecule has 1 fully saturated rings. The van der Waals surface area contributed by atoms with E-state index in [2.05, 4.69) is 5.32 Å². The number of carbonyl (C=O) groups is 1. The van der Waals surface area contributed by atoms with Gasteiger partial charge in [0.15, 0.2) is 0 Å². The van der Waals surface area contributed by atoms with Crippen LogP contribution in [0.1, 0.15) is 40.2 Å². The summed E-state index contributed by atoms with van der Waals surface area (Å²) >= 11 is 0. The van der Waals surface area contributed by atoms with E-state index in [0.29, 0.717) is 22.2 Å². The molecule has 0 radical (unpaired) electrons. The third-order valence-corrected chi connectivity index (χ3v) is 8.78. The van der Waals surface area contributed by atoms with Gasteiger partial charge in [0.1, 0.15) is 17.2 Å². The topological polar surface area (TPSA) is 137 Å². The molecule has 5 rings (SSSR count). The van der Waals surface area contributed by atoms with Crippen molar-refractivity contribution < 1.29 is 36.4 Å². The van der Waals surface area contributed by atoms with E-state index in [4.69, 9.17) is 4.42 Å². The van der Waals surface area contributed by atoms with Crippen LogP contribution in [0.4, 0.5) is 10.1 Å². The van der Waals surface area contributed by atoms with Gasteiger partial charge in [-0.05, 0) is 72.4 Å². The molecule has 204 valence electrons. The van der Waals surface area contributed by atoms with Crippen molar-refractivity contribution in [1.29, 1.82) is 0 Å². The van der Waals surface area contributed by atoms with E-state index < -0.39 is 29.3 Å². The lowest BCUT2D eigenvalue weighted by Gasteiger charge is -2.25. The van der Waals surface area contributed by atoms with Crippen LogP contribution in [-0.4, -0.2) is 37.4 Å². The minimum atomic E-state index is -4.44. The Morgan fingerprint density at radius 3 is 2.28 bits per heavy atom. The fourth-order valence-corrected chi connectivity index (χ4v) is 6.02. The number of nitrogens with one attached hydrogen (secondary N) is 1. The van der Waals surface area contributed by atoms with E-state index >= 15 is 0 Å². The van der Waals surface area contributed by atoms with E-state index in [9.17, 15) is 32.0 Å². The second-order valence-corrected chi connectivity index (χ2v) is 13.1. The maximum absolute atomic E-state index is 13.6. The summed E-state index contributed by atoms with van der Waals surface area (Å²) in [7, 11) is -6.76. The zero-order valence-corrected chi connectivity index (χ0v) is 22.8. The molecule has 3 aromatic carbocycles. The van der Waals surface area contributed by atoms with Crippen LogP contribution in [0.3, 0.4) is 0 Å². The smallest absolute Gasteiger partial charge is 0.356 e. The van der Waals surface area contributed by atoms with Gasteiger partial charge >= 0.3 is 7.60 Å². The predicted octanol–water partition coefficient (Wildman–Crippen LogP) is 4.25. The van der Waals surface area contributed by atoms with Crippen molar-refractivity contribution in [2.75, 3.05) is 17.6 Å². The molecule has 12 heteroatoms. The molecule has 1 aliphatic rings. The highest BCUT2D eigenvalue weighted by Crippen LogP contribution is 2.48. The number of fused-ring (bicyclic) bond motifs is 1. The van der Waals surface area contributed by atoms with E-state index in [1.54, 1.807) is 12.1 Å². The summed E-state index contributed by atoms with van der Waals surface area (Å²) in [6.45, 7) is -0.0840. The van der Waals surface area contributed by atoms with E-state index in [1.807, 2.05) is 0 Å². The maximum Gasteiger partial charge on any atom is 0.356 e. The molecule has 3 N–H and O–H groups in total. The number of rotatable bonds is 8. The Hall–Kier alpha value is -3.50. The van der Waals surface area contributed by atoms with E-state index in [0.717, 1.165) is 24.7 Å². The standard InChI is InChI=1S/C27H26FN2O7PS/c1-29-27(31)25-22-13-21(17-5-6-17)23(14-24(22)37-26(25)18-7-9-19(28)10-8-18)30(39(2,35)36)15-16-3-11-20(12-4-16)38(32,33)34/h3-4,7-14,17H,5-6,15H2,1-2H3,(H,29,31)(H2,32,33,34). The summed E-state index contributed by atoms with van der Waals surface area (Å²) in [4.78, 5) is 31.8. The molecule has 1 amide bonds. The highest BCUT2D eigenvalue weighted by molar-refractivity contribution is 7.92. The Balaban J connectivity index is 1.67. The van der Waals surface area contributed by atoms with Crippen molar-refractivity contribution in [3.05, 3.63) is 83.2 Å². The molecule has 39 heavy (non-hydrogen) atoms. The molecule has 0 aliphatic heterocycles. The second kappa shape index (κ2) is 9.91. The van der Waals surface area contributed by atoms with Crippen molar-refractivity contribution in [2.45, 2.75) is 25.3 Å². The van der Waals surface area contributed by atoms with Crippen molar-refractivity contribution >= 4 is 45.5 Å². The molecule has 9 nitrogen and oxygen atoms in total. The SMILES string of the molecule is CNC(=O)c1c(-c2ccc(F)cc2)oc2cc(N(Cc3ccc(P(=O)(O)O)cc3)S(C)(=O)=O)c(C3CC3)cc12. The van der Waals surface area contributed by atoms with Gasteiger partial charge in [-0.15, -0.1) is 0 Å². The van der Waals surface area contributed by atoms with Crippen LogP contribution < -0.4 is 14.9 Å². The summed E-state index contributed by atoms with van der Waals surface area (Å²) in [6, 6.07) is 14.4. The molecule has 0 bridgehead atoms. The third-order valence-electron chi connectivity index (χ3n) is 6.68. The highest BCUT2D eigenvalue weighted by Gasteiger charge is 2.33. The Morgan fingerprint density at radius 1 is 1.10 bits per heavy atom. The first kappa shape index (κ1) is 27.1. The normalized spacial score (nSPS) is 14.0. The minimum Gasteiger partial charge on any atom is -0.455 e. The Labute approximate surface area is 224 Å². The predicted molar refractivity (Wildman–Crippen MR) is 146 cm³/mol. The number of hydrogen-bond acceptors (Lipinski definition) is 5. The van der Waals surface area contributed by atoms with Crippen molar-refractivity contribution in [3.8, 4) is 11.3 Å². The zero-order valence-electron chi connectivity index (χ0n) is 21.1. The molecule has 0 saturated heterocycles. The van der Waals surface area contributed by atoms with Crippen molar-refractivity contribution in [3.63, 3.8) is 0 Å². The molecular formula is C27H26FN2O7PS. The first-order chi connectivity index (χ1) is 18.4. The number of benzene rings is 3. The fourth-order valence-electron chi connectivity index (χ4n) is 4.58. The lowest BCUT2D eigenvalue weighted by Crippen LogP contribution is -2.30. The third kappa shape index (κ3) is 5.49. The number of halogens is 1. The van der Waals surface area contributed by atoms with E-state index in [-0.39, 0.29) is 34.7 Å². The first-order valence-electron chi connectivity index (χ1n) is 12.1. The molecule has 1 aromatic heterocycles. The van der Waals surface area contributed by atoms with Crippen molar-refractivity contribution in [1.82, 2.24) is 5.32 Å². The molecule has 4 aromatic rings. The van der Waals surface area contributed by atoms with Crippen LogP contribution in [0.25, 0.3) is 22.3 Å². The number of anilines is 1. The Bertz CT molecular complexity index is 1720. The summed E-state index contributed by atoms with van der Waals surface area (Å²) in [5, 5.41) is 2.97. The van der Waals surface area contributed by atoms with Gasteiger partial charge in [-0.3, -0.25) is 13.7 Å². The largest absolute Gasteiger partial charge is 0.455 e. The van der Waals surface area contributed by atoms with Gasteiger partial charge in [0.25, 0.3) is 5.91 Å². The fraction of sp³-hybridized carbons (Fsp3) is 0.222. The van der Waals surface area contributed by atoms with Gasteiger partial charge in [-0.1, -0.05) is 12.1 Å². The van der Waals surface area contributed by atoms with Gasteiger partial charge in [0.2, 0.25) is 10.0 Å². The molecule has 1 aliphatic carbocycles. The zero-order chi connectivity index (χ0) is 28.1. The van der Waals surface area contributed by atoms with Crippen LogP contribution in [0.15, 0.2) is 65.1 Å². The monoisotopic (exact) mass is 572 g/mol. The Kier molecular flexibility index (Phi) is 6.88. The van der Waals surface area contributed by atoms with Gasteiger partial charge in [-0.2, -0.15) is 0 Å². The van der Waals surface area contributed by atoms with Crippen LogP contribution in [0.2, 0.25) is 0 Å². The van der Waals surface area contributed by atoms with E-state index in [1.165, 1.54) is 59.9 Å². The first-order valence-corrected chi connectivity index (χ1v) is 15.5. The quantitative estimate of drug-likeness (QED) is 0.269. The molecule has 1 heterocycles. The number of hydrogen-bond donors (Lipinski definition) is 3. The highest BCUT2D eigenvalue weighted by atomic mass is 32.2. The number of amides is 1. The van der Waals surface area contributed by atoms with Crippen molar-refractivity contribution in [2.24, 2.45) is 0 Å². The van der Waals surface area contributed by atoms with Crippen LogP contribution >= 0.6 is 7.60 Å². The number of furan rings is 1. The van der Waals surface area contributed by atoms with Gasteiger partial charge in [0.05, 0.1) is 29.4 Å². The lowest BCUT2D eigenvalue weighted by molar-refractivity contribution is 0.0964. The summed E-state index contributed by atoms with van der Waals surface area (Å²) < 4.78 is 58.6. The minimum absolute atomic E-state index is 0.0840.